The van der Waals surface area contributed by atoms with Crippen LogP contribution in [0.25, 0.3) is 0 Å². The summed E-state index contributed by atoms with van der Waals surface area (Å²) in [5.74, 6) is 0. The molecule has 0 aromatic heterocycles. The molecule has 1 saturated heterocycles. The number of carbonyl (C=O) groups excluding carboxylic acids is 1. The van der Waals surface area contributed by atoms with Crippen LogP contribution in [0.5, 0.6) is 0 Å². The van der Waals surface area contributed by atoms with E-state index in [1.807, 2.05) is 27.7 Å². The minimum Gasteiger partial charge on any atom is -0.444 e. The number of halogens is 1. The number of carbonyl (C=O) groups is 1. The van der Waals surface area contributed by atoms with Crippen LogP contribution in [0.4, 0.5) is 4.79 Å². The lowest BCUT2D eigenvalue weighted by Crippen LogP contribution is -2.51. The van der Waals surface area contributed by atoms with Crippen molar-refractivity contribution >= 4 is 18.5 Å². The minimum absolute atomic E-state index is 0. The van der Waals surface area contributed by atoms with Crippen molar-refractivity contribution in [1.29, 1.82) is 0 Å². The molecule has 1 aliphatic rings. The highest BCUT2D eigenvalue weighted by Gasteiger charge is 2.25. The molecule has 18 heavy (non-hydrogen) atoms. The van der Waals surface area contributed by atoms with Gasteiger partial charge < -0.3 is 15.4 Å². The van der Waals surface area contributed by atoms with E-state index in [2.05, 4.69) is 4.90 Å². The molecule has 1 rings (SSSR count). The largest absolute Gasteiger partial charge is 0.444 e. The highest BCUT2D eigenvalue weighted by molar-refractivity contribution is 5.85. The molecule has 0 unspecified atom stereocenters. The fourth-order valence-electron chi connectivity index (χ4n) is 1.85. The monoisotopic (exact) mass is 279 g/mol. The van der Waals surface area contributed by atoms with Gasteiger partial charge in [-0.1, -0.05) is 0 Å². The lowest BCUT2D eigenvalue weighted by Gasteiger charge is -2.36. The molecule has 0 saturated carbocycles. The highest BCUT2D eigenvalue weighted by atomic mass is 35.5. The van der Waals surface area contributed by atoms with Gasteiger partial charge in [0.05, 0.1) is 0 Å². The van der Waals surface area contributed by atoms with E-state index in [0.717, 1.165) is 32.7 Å². The highest BCUT2D eigenvalue weighted by Crippen LogP contribution is 2.11. The maximum Gasteiger partial charge on any atom is 0.410 e. The fourth-order valence-corrected chi connectivity index (χ4v) is 1.85. The minimum atomic E-state index is -0.417. The van der Waals surface area contributed by atoms with Crippen molar-refractivity contribution in [1.82, 2.24) is 9.80 Å². The van der Waals surface area contributed by atoms with Crippen molar-refractivity contribution in [2.75, 3.05) is 32.7 Å². The number of piperazine rings is 1. The Balaban J connectivity index is 0.00000289. The smallest absolute Gasteiger partial charge is 0.410 e. The Kier molecular flexibility index (Phi) is 6.96. The summed E-state index contributed by atoms with van der Waals surface area (Å²) in [4.78, 5) is 15.9. The quantitative estimate of drug-likeness (QED) is 0.828. The van der Waals surface area contributed by atoms with Gasteiger partial charge in [-0.15, -0.1) is 12.4 Å². The van der Waals surface area contributed by atoms with E-state index < -0.39 is 5.60 Å². The van der Waals surface area contributed by atoms with Crippen LogP contribution < -0.4 is 5.73 Å². The van der Waals surface area contributed by atoms with Crippen LogP contribution in [0, 0.1) is 0 Å². The number of rotatable bonds is 2. The van der Waals surface area contributed by atoms with Gasteiger partial charge in [-0.25, -0.2) is 4.79 Å². The van der Waals surface area contributed by atoms with Crippen molar-refractivity contribution in [2.45, 2.75) is 39.3 Å². The van der Waals surface area contributed by atoms with Crippen LogP contribution in [0.1, 0.15) is 27.7 Å². The van der Waals surface area contributed by atoms with Crippen LogP contribution in [-0.2, 0) is 4.74 Å². The van der Waals surface area contributed by atoms with Gasteiger partial charge in [0.25, 0.3) is 0 Å². The van der Waals surface area contributed by atoms with Crippen molar-refractivity contribution < 1.29 is 9.53 Å². The van der Waals surface area contributed by atoms with Gasteiger partial charge in [0.15, 0.2) is 0 Å². The molecule has 108 valence electrons. The summed E-state index contributed by atoms with van der Waals surface area (Å²) in [7, 11) is 0. The topological polar surface area (TPSA) is 58.8 Å². The molecule has 1 amide bonds. The molecule has 0 radical (unpaired) electrons. The molecule has 1 heterocycles. The first-order chi connectivity index (χ1) is 7.78. The van der Waals surface area contributed by atoms with E-state index in [4.69, 9.17) is 10.5 Å². The predicted octanol–water partition coefficient (Wildman–Crippen LogP) is 1.31. The Bertz CT molecular complexity index is 259. The second kappa shape index (κ2) is 7.16. The van der Waals surface area contributed by atoms with Gasteiger partial charge in [-0.3, -0.25) is 4.90 Å². The van der Waals surface area contributed by atoms with E-state index in [0.29, 0.717) is 0 Å². The zero-order valence-electron chi connectivity index (χ0n) is 11.8. The summed E-state index contributed by atoms with van der Waals surface area (Å²) < 4.78 is 5.34. The number of hydrogen-bond donors (Lipinski definition) is 1. The van der Waals surface area contributed by atoms with E-state index in [-0.39, 0.29) is 24.5 Å². The average molecular weight is 280 g/mol. The summed E-state index contributed by atoms with van der Waals surface area (Å²) in [5.41, 5.74) is 5.34. The van der Waals surface area contributed by atoms with Crippen LogP contribution in [0.3, 0.4) is 0 Å². The average Bonchev–Trinajstić information content (AvgIpc) is 2.15. The number of amides is 1. The molecule has 0 aliphatic carbocycles. The van der Waals surface area contributed by atoms with E-state index in [1.165, 1.54) is 0 Å². The third-order valence-electron chi connectivity index (χ3n) is 2.57. The van der Waals surface area contributed by atoms with Crippen LogP contribution in [0.2, 0.25) is 0 Å². The Labute approximate surface area is 116 Å². The third kappa shape index (κ3) is 6.42. The molecule has 1 atom stereocenters. The Morgan fingerprint density at radius 1 is 1.28 bits per heavy atom. The van der Waals surface area contributed by atoms with Crippen LogP contribution in [-0.4, -0.2) is 60.3 Å². The second-order valence-corrected chi connectivity index (χ2v) is 5.75. The first-order valence-electron chi connectivity index (χ1n) is 6.24. The molecule has 2 N–H and O–H groups in total. The van der Waals surface area contributed by atoms with E-state index in [1.54, 1.807) is 4.90 Å². The van der Waals surface area contributed by atoms with Gasteiger partial charge in [-0.05, 0) is 27.7 Å². The molecule has 0 aromatic rings. The number of nitrogens with zero attached hydrogens (tertiary/aromatic N) is 2. The first-order valence-corrected chi connectivity index (χ1v) is 6.24. The van der Waals surface area contributed by atoms with Gasteiger partial charge in [0, 0.05) is 38.8 Å². The molecular weight excluding hydrogens is 254 g/mol. The van der Waals surface area contributed by atoms with Crippen LogP contribution in [0.15, 0.2) is 0 Å². The maximum absolute atomic E-state index is 11.8. The molecule has 0 spiro atoms. The summed E-state index contributed by atoms with van der Waals surface area (Å²) >= 11 is 0. The zero-order valence-corrected chi connectivity index (χ0v) is 12.6. The normalized spacial score (nSPS) is 19.1. The molecule has 1 fully saturated rings. The van der Waals surface area contributed by atoms with Crippen molar-refractivity contribution in [3.63, 3.8) is 0 Å². The lowest BCUT2D eigenvalue weighted by atomic mass is 10.2. The summed E-state index contributed by atoms with van der Waals surface area (Å²) in [6, 6.07) is 0.183. The van der Waals surface area contributed by atoms with Crippen LogP contribution >= 0.6 is 12.4 Å². The number of ether oxygens (including phenoxy) is 1. The predicted molar refractivity (Wildman–Crippen MR) is 75.1 cm³/mol. The summed E-state index contributed by atoms with van der Waals surface area (Å²) in [5, 5.41) is 0. The van der Waals surface area contributed by atoms with Gasteiger partial charge in [-0.2, -0.15) is 0 Å². The van der Waals surface area contributed by atoms with Gasteiger partial charge in [0.2, 0.25) is 0 Å². The number of nitrogens with two attached hydrogens (primary N) is 1. The van der Waals surface area contributed by atoms with Crippen molar-refractivity contribution in [2.24, 2.45) is 5.73 Å². The second-order valence-electron chi connectivity index (χ2n) is 5.75. The molecule has 5 nitrogen and oxygen atoms in total. The summed E-state index contributed by atoms with van der Waals surface area (Å²) in [6.45, 7) is 11.7. The zero-order chi connectivity index (χ0) is 13.1. The third-order valence-corrected chi connectivity index (χ3v) is 2.57. The van der Waals surface area contributed by atoms with E-state index >= 15 is 0 Å². The van der Waals surface area contributed by atoms with Gasteiger partial charge >= 0.3 is 6.09 Å². The molecule has 1 aliphatic heterocycles. The fraction of sp³-hybridized carbons (Fsp3) is 0.917. The Hall–Kier alpha value is -0.520. The van der Waals surface area contributed by atoms with Crippen molar-refractivity contribution in [3.8, 4) is 0 Å². The SMILES string of the molecule is C[C@@H](N)CN1CCN(C(=O)OC(C)(C)C)CC1.Cl. The first kappa shape index (κ1) is 17.5. The summed E-state index contributed by atoms with van der Waals surface area (Å²) in [6.07, 6.45) is -0.210. The molecule has 0 bridgehead atoms. The number of hydrogen-bond acceptors (Lipinski definition) is 4. The lowest BCUT2D eigenvalue weighted by molar-refractivity contribution is 0.0143. The van der Waals surface area contributed by atoms with Gasteiger partial charge in [0.1, 0.15) is 5.60 Å². The molecule has 0 aromatic carbocycles. The molecular formula is C12H26ClN3O2. The van der Waals surface area contributed by atoms with E-state index in [9.17, 15) is 4.79 Å². The Morgan fingerprint density at radius 2 is 1.78 bits per heavy atom. The van der Waals surface area contributed by atoms with Crippen molar-refractivity contribution in [3.05, 3.63) is 0 Å². The maximum atomic E-state index is 11.8. The standard InChI is InChI=1S/C12H25N3O2.ClH/c1-10(13)9-14-5-7-15(8-6-14)11(16)17-12(2,3)4;/h10H,5-9,13H2,1-4H3;1H/t10-;/m1./s1. The molecule has 6 heteroatoms. The Morgan fingerprint density at radius 3 is 2.17 bits per heavy atom.